The van der Waals surface area contributed by atoms with E-state index in [4.69, 9.17) is 0 Å². The molecule has 1 heterocycles. The molecule has 18 heavy (non-hydrogen) atoms. The number of nitrogens with one attached hydrogen (secondary N) is 1. The summed E-state index contributed by atoms with van der Waals surface area (Å²) < 4.78 is 1.21. The predicted molar refractivity (Wildman–Crippen MR) is 75.0 cm³/mol. The average molecular weight is 375 g/mol. The van der Waals surface area contributed by atoms with Crippen LogP contribution in [0.5, 0.6) is 0 Å². The Hall–Kier alpha value is -0.490. The molecule has 2 bridgehead atoms. The Bertz CT molecular complexity index is 494. The van der Waals surface area contributed by atoms with Gasteiger partial charge in [-0.3, -0.25) is 4.79 Å². The molecule has 1 aromatic heterocycles. The number of amides is 1. The summed E-state index contributed by atoms with van der Waals surface area (Å²) in [5.74, 6) is 2.12. The van der Waals surface area contributed by atoms with Gasteiger partial charge in [0.2, 0.25) is 5.91 Å². The molecule has 3 unspecified atom stereocenters. The number of aromatic nitrogens is 2. The lowest BCUT2D eigenvalue weighted by Crippen LogP contribution is -2.27. The summed E-state index contributed by atoms with van der Waals surface area (Å²) in [6.07, 6.45) is 6.36. The smallest absolute Gasteiger partial charge is 0.229 e. The zero-order valence-corrected chi connectivity index (χ0v) is 12.9. The number of rotatable bonds is 2. The lowest BCUT2D eigenvalue weighted by molar-refractivity contribution is -0.121. The molecular formula is C12H13Br2N3O. The molecular weight excluding hydrogens is 362 g/mol. The van der Waals surface area contributed by atoms with E-state index in [2.05, 4.69) is 47.1 Å². The van der Waals surface area contributed by atoms with Crippen molar-refractivity contribution in [2.75, 3.05) is 5.32 Å². The van der Waals surface area contributed by atoms with Crippen molar-refractivity contribution in [1.29, 1.82) is 0 Å². The van der Waals surface area contributed by atoms with Gasteiger partial charge in [-0.25, -0.2) is 9.97 Å². The van der Waals surface area contributed by atoms with Crippen LogP contribution in [0.2, 0.25) is 0 Å². The molecule has 96 valence electrons. The molecule has 3 atom stereocenters. The van der Waals surface area contributed by atoms with Crippen molar-refractivity contribution in [3.8, 4) is 0 Å². The second-order valence-corrected chi connectivity index (χ2v) is 6.67. The molecule has 2 aliphatic rings. The molecule has 1 aromatic rings. The van der Waals surface area contributed by atoms with Gasteiger partial charge < -0.3 is 5.32 Å². The maximum Gasteiger partial charge on any atom is 0.229 e. The SMILES string of the molecule is O=C(Nc1ncc(Br)nc1Br)C1CC2CCC1C2. The largest absolute Gasteiger partial charge is 0.308 e. The summed E-state index contributed by atoms with van der Waals surface area (Å²) in [6, 6.07) is 0. The lowest BCUT2D eigenvalue weighted by atomic mass is 9.88. The molecule has 1 N–H and O–H groups in total. The van der Waals surface area contributed by atoms with Gasteiger partial charge >= 0.3 is 0 Å². The van der Waals surface area contributed by atoms with Gasteiger partial charge in [-0.15, -0.1) is 0 Å². The Morgan fingerprint density at radius 1 is 1.33 bits per heavy atom. The van der Waals surface area contributed by atoms with Gasteiger partial charge in [0.15, 0.2) is 5.82 Å². The third-order valence-electron chi connectivity index (χ3n) is 4.02. The summed E-state index contributed by atoms with van der Waals surface area (Å²) in [6.45, 7) is 0. The van der Waals surface area contributed by atoms with Gasteiger partial charge in [-0.2, -0.15) is 0 Å². The topological polar surface area (TPSA) is 54.9 Å². The molecule has 3 rings (SSSR count). The van der Waals surface area contributed by atoms with E-state index in [-0.39, 0.29) is 11.8 Å². The van der Waals surface area contributed by atoms with Crippen LogP contribution >= 0.6 is 31.9 Å². The minimum atomic E-state index is 0.0968. The quantitative estimate of drug-likeness (QED) is 0.863. The van der Waals surface area contributed by atoms with Crippen molar-refractivity contribution < 1.29 is 4.79 Å². The fraction of sp³-hybridized carbons (Fsp3) is 0.583. The Labute approximate surface area is 122 Å². The summed E-state index contributed by atoms with van der Waals surface area (Å²) in [4.78, 5) is 20.6. The second kappa shape index (κ2) is 4.89. The zero-order chi connectivity index (χ0) is 12.7. The highest BCUT2D eigenvalue weighted by Crippen LogP contribution is 2.48. The standard InChI is InChI=1S/C12H13Br2N3O/c13-9-5-15-11(10(14)16-9)17-12(18)8-4-6-1-2-7(8)3-6/h5-8H,1-4H2,(H,15,17,18). The first-order chi connectivity index (χ1) is 8.63. The first-order valence-corrected chi connectivity index (χ1v) is 7.71. The van der Waals surface area contributed by atoms with E-state index < -0.39 is 0 Å². The van der Waals surface area contributed by atoms with Crippen molar-refractivity contribution >= 4 is 43.6 Å². The van der Waals surface area contributed by atoms with Gasteiger partial charge in [-0.05, 0) is 63.0 Å². The molecule has 2 saturated carbocycles. The van der Waals surface area contributed by atoms with Crippen molar-refractivity contribution in [2.24, 2.45) is 17.8 Å². The van der Waals surface area contributed by atoms with Crippen LogP contribution in [0.3, 0.4) is 0 Å². The third kappa shape index (κ3) is 2.32. The van der Waals surface area contributed by atoms with Crippen LogP contribution in [0.25, 0.3) is 0 Å². The van der Waals surface area contributed by atoms with Crippen LogP contribution in [0.1, 0.15) is 25.7 Å². The Morgan fingerprint density at radius 2 is 2.17 bits per heavy atom. The Morgan fingerprint density at radius 3 is 2.78 bits per heavy atom. The number of hydrogen-bond acceptors (Lipinski definition) is 3. The molecule has 0 aromatic carbocycles. The van der Waals surface area contributed by atoms with Crippen LogP contribution in [0.15, 0.2) is 15.4 Å². The molecule has 0 spiro atoms. The lowest BCUT2D eigenvalue weighted by Gasteiger charge is -2.20. The molecule has 2 fully saturated rings. The summed E-state index contributed by atoms with van der Waals surface area (Å²) in [5, 5.41) is 2.88. The number of anilines is 1. The molecule has 2 aliphatic carbocycles. The summed E-state index contributed by atoms with van der Waals surface area (Å²) in [7, 11) is 0. The molecule has 0 saturated heterocycles. The molecule has 4 nitrogen and oxygen atoms in total. The Balaban J connectivity index is 1.71. The number of nitrogens with zero attached hydrogens (tertiary/aromatic N) is 2. The van der Waals surface area contributed by atoms with Crippen LogP contribution in [0.4, 0.5) is 5.82 Å². The van der Waals surface area contributed by atoms with Crippen molar-refractivity contribution in [2.45, 2.75) is 25.7 Å². The van der Waals surface area contributed by atoms with E-state index in [9.17, 15) is 4.79 Å². The van der Waals surface area contributed by atoms with E-state index >= 15 is 0 Å². The van der Waals surface area contributed by atoms with E-state index in [0.717, 1.165) is 12.3 Å². The maximum absolute atomic E-state index is 12.2. The number of carbonyl (C=O) groups is 1. The minimum absolute atomic E-state index is 0.0968. The van der Waals surface area contributed by atoms with Crippen LogP contribution < -0.4 is 5.32 Å². The summed E-state index contributed by atoms with van der Waals surface area (Å²) >= 11 is 6.55. The number of halogens is 2. The van der Waals surface area contributed by atoms with Gasteiger partial charge in [0.05, 0.1) is 6.20 Å². The number of carbonyl (C=O) groups excluding carboxylic acids is 1. The first-order valence-electron chi connectivity index (χ1n) is 6.12. The zero-order valence-electron chi connectivity index (χ0n) is 9.70. The van der Waals surface area contributed by atoms with E-state index in [1.54, 1.807) is 6.20 Å². The van der Waals surface area contributed by atoms with Gasteiger partial charge in [0.1, 0.15) is 9.21 Å². The molecule has 1 amide bonds. The first kappa shape index (κ1) is 12.5. The van der Waals surface area contributed by atoms with Crippen molar-refractivity contribution in [3.63, 3.8) is 0 Å². The molecule has 0 radical (unpaired) electrons. The van der Waals surface area contributed by atoms with Crippen LogP contribution in [-0.4, -0.2) is 15.9 Å². The monoisotopic (exact) mass is 373 g/mol. The summed E-state index contributed by atoms with van der Waals surface area (Å²) in [5.41, 5.74) is 0. The van der Waals surface area contributed by atoms with E-state index in [1.165, 1.54) is 19.3 Å². The highest BCUT2D eigenvalue weighted by Gasteiger charge is 2.43. The van der Waals surface area contributed by atoms with Gasteiger partial charge in [0, 0.05) is 5.92 Å². The van der Waals surface area contributed by atoms with Gasteiger partial charge in [0.25, 0.3) is 0 Å². The minimum Gasteiger partial charge on any atom is -0.308 e. The van der Waals surface area contributed by atoms with Crippen molar-refractivity contribution in [1.82, 2.24) is 9.97 Å². The second-order valence-electron chi connectivity index (χ2n) is 5.10. The van der Waals surface area contributed by atoms with E-state index in [0.29, 0.717) is 20.9 Å². The average Bonchev–Trinajstić information content (AvgIpc) is 2.94. The fourth-order valence-electron chi connectivity index (χ4n) is 3.21. The molecule has 6 heteroatoms. The number of hydrogen-bond donors (Lipinski definition) is 1. The normalized spacial score (nSPS) is 29.6. The Kier molecular flexibility index (Phi) is 3.40. The maximum atomic E-state index is 12.2. The predicted octanol–water partition coefficient (Wildman–Crippen LogP) is 3.38. The van der Waals surface area contributed by atoms with Crippen molar-refractivity contribution in [3.05, 3.63) is 15.4 Å². The highest BCUT2D eigenvalue weighted by molar-refractivity contribution is 9.11. The van der Waals surface area contributed by atoms with Gasteiger partial charge in [-0.1, -0.05) is 6.42 Å². The third-order valence-corrected chi connectivity index (χ3v) is 4.95. The van der Waals surface area contributed by atoms with Crippen LogP contribution in [0, 0.1) is 17.8 Å². The fourth-order valence-corrected chi connectivity index (χ4v) is 4.12. The highest BCUT2D eigenvalue weighted by atomic mass is 79.9. The molecule has 0 aliphatic heterocycles. The van der Waals surface area contributed by atoms with E-state index in [1.807, 2.05) is 0 Å². The van der Waals surface area contributed by atoms with Crippen LogP contribution in [-0.2, 0) is 4.79 Å². The number of fused-ring (bicyclic) bond motifs is 2.